The topological polar surface area (TPSA) is 74.7 Å². The predicted molar refractivity (Wildman–Crippen MR) is 81.3 cm³/mol. The van der Waals surface area contributed by atoms with Crippen molar-refractivity contribution in [2.45, 2.75) is 33.6 Å². The molecule has 0 amide bonds. The lowest BCUT2D eigenvalue weighted by Gasteiger charge is -2.34. The number of piperidine rings is 1. The minimum Gasteiger partial charge on any atom is -0.409 e. The number of oxime groups is 1. The van der Waals surface area contributed by atoms with Gasteiger partial charge < -0.3 is 15.8 Å². The second-order valence-corrected chi connectivity index (χ2v) is 5.91. The van der Waals surface area contributed by atoms with Crippen molar-refractivity contribution in [3.8, 4) is 0 Å². The van der Waals surface area contributed by atoms with Gasteiger partial charge in [0.15, 0.2) is 5.84 Å². The fourth-order valence-corrected chi connectivity index (χ4v) is 2.81. The molecule has 1 aromatic heterocycles. The third-order valence-electron chi connectivity index (χ3n) is 4.15. The van der Waals surface area contributed by atoms with E-state index in [0.29, 0.717) is 0 Å². The number of aryl methyl sites for hydroxylation is 1. The van der Waals surface area contributed by atoms with Crippen LogP contribution in [0.15, 0.2) is 17.3 Å². The maximum absolute atomic E-state index is 8.81. The zero-order valence-corrected chi connectivity index (χ0v) is 12.5. The SMILES string of the molecule is Cc1cc(/C(N)=N/O)cc(N2CCC(C(C)C)CC2)n1. The van der Waals surface area contributed by atoms with Gasteiger partial charge in [0.2, 0.25) is 0 Å². The zero-order chi connectivity index (χ0) is 14.7. The molecule has 5 nitrogen and oxygen atoms in total. The average Bonchev–Trinajstić information content (AvgIpc) is 2.45. The van der Waals surface area contributed by atoms with E-state index in [9.17, 15) is 0 Å². The van der Waals surface area contributed by atoms with Gasteiger partial charge in [-0.05, 0) is 43.7 Å². The van der Waals surface area contributed by atoms with Gasteiger partial charge >= 0.3 is 0 Å². The lowest BCUT2D eigenvalue weighted by Crippen LogP contribution is -2.36. The smallest absolute Gasteiger partial charge is 0.170 e. The Balaban J connectivity index is 2.16. The lowest BCUT2D eigenvalue weighted by atomic mass is 9.87. The maximum atomic E-state index is 8.81. The molecular weight excluding hydrogens is 252 g/mol. The molecule has 1 aliphatic heterocycles. The standard InChI is InChI=1S/C15H24N4O/c1-10(2)12-4-6-19(7-5-12)14-9-13(15(16)18-20)8-11(3)17-14/h8-10,12,20H,4-7H2,1-3H3,(H2,16,18). The van der Waals surface area contributed by atoms with Crippen LogP contribution in [0, 0.1) is 18.8 Å². The molecule has 20 heavy (non-hydrogen) atoms. The van der Waals surface area contributed by atoms with Gasteiger partial charge in [-0.2, -0.15) is 0 Å². The average molecular weight is 276 g/mol. The van der Waals surface area contributed by atoms with E-state index < -0.39 is 0 Å². The third kappa shape index (κ3) is 3.21. The van der Waals surface area contributed by atoms with Crippen molar-refractivity contribution < 1.29 is 5.21 Å². The van der Waals surface area contributed by atoms with Gasteiger partial charge in [-0.25, -0.2) is 4.98 Å². The molecule has 2 rings (SSSR count). The first-order chi connectivity index (χ1) is 9.51. The highest BCUT2D eigenvalue weighted by molar-refractivity contribution is 5.97. The minimum absolute atomic E-state index is 0.133. The highest BCUT2D eigenvalue weighted by atomic mass is 16.4. The van der Waals surface area contributed by atoms with Crippen LogP contribution in [0.5, 0.6) is 0 Å². The Morgan fingerprint density at radius 3 is 2.60 bits per heavy atom. The number of nitrogens with zero attached hydrogens (tertiary/aromatic N) is 3. The molecule has 2 heterocycles. The molecule has 0 radical (unpaired) electrons. The van der Waals surface area contributed by atoms with Crippen LogP contribution in [-0.2, 0) is 0 Å². The predicted octanol–water partition coefficient (Wildman–Crippen LogP) is 2.36. The van der Waals surface area contributed by atoms with Crippen molar-refractivity contribution >= 4 is 11.7 Å². The fourth-order valence-electron chi connectivity index (χ4n) is 2.81. The van der Waals surface area contributed by atoms with Gasteiger partial charge in [-0.3, -0.25) is 0 Å². The van der Waals surface area contributed by atoms with Crippen LogP contribution in [0.4, 0.5) is 5.82 Å². The van der Waals surface area contributed by atoms with Gasteiger partial charge in [-0.1, -0.05) is 19.0 Å². The van der Waals surface area contributed by atoms with E-state index >= 15 is 0 Å². The molecule has 1 fully saturated rings. The summed E-state index contributed by atoms with van der Waals surface area (Å²) in [7, 11) is 0. The monoisotopic (exact) mass is 276 g/mol. The highest BCUT2D eigenvalue weighted by Crippen LogP contribution is 2.27. The summed E-state index contributed by atoms with van der Waals surface area (Å²) in [6.07, 6.45) is 2.40. The summed E-state index contributed by atoms with van der Waals surface area (Å²) in [6.45, 7) is 8.56. The van der Waals surface area contributed by atoms with E-state index in [1.807, 2.05) is 19.1 Å². The zero-order valence-electron chi connectivity index (χ0n) is 12.5. The van der Waals surface area contributed by atoms with E-state index in [2.05, 4.69) is 28.9 Å². The van der Waals surface area contributed by atoms with Gasteiger partial charge in [0.05, 0.1) is 0 Å². The Bertz CT molecular complexity index is 491. The summed E-state index contributed by atoms with van der Waals surface area (Å²) in [5, 5.41) is 11.9. The molecule has 5 heteroatoms. The summed E-state index contributed by atoms with van der Waals surface area (Å²) in [4.78, 5) is 6.87. The van der Waals surface area contributed by atoms with Gasteiger partial charge in [0, 0.05) is 24.3 Å². The van der Waals surface area contributed by atoms with Crippen LogP contribution in [0.1, 0.15) is 37.9 Å². The molecule has 0 spiro atoms. The van der Waals surface area contributed by atoms with Gasteiger partial charge in [0.1, 0.15) is 5.82 Å². The van der Waals surface area contributed by atoms with Crippen molar-refractivity contribution in [3.63, 3.8) is 0 Å². The number of hydrogen-bond acceptors (Lipinski definition) is 4. The molecular formula is C15H24N4O. The first-order valence-electron chi connectivity index (χ1n) is 7.22. The normalized spacial score (nSPS) is 17.8. The Morgan fingerprint density at radius 1 is 1.40 bits per heavy atom. The molecule has 1 saturated heterocycles. The van der Waals surface area contributed by atoms with Crippen LogP contribution in [0.3, 0.4) is 0 Å². The Hall–Kier alpha value is -1.78. The molecule has 0 unspecified atom stereocenters. The summed E-state index contributed by atoms with van der Waals surface area (Å²) in [5.74, 6) is 2.61. The second kappa shape index (κ2) is 6.11. The number of nitrogens with two attached hydrogens (primary N) is 1. The van der Waals surface area contributed by atoms with Crippen LogP contribution < -0.4 is 10.6 Å². The van der Waals surface area contributed by atoms with Crippen molar-refractivity contribution in [3.05, 3.63) is 23.4 Å². The minimum atomic E-state index is 0.133. The quantitative estimate of drug-likeness (QED) is 0.384. The van der Waals surface area contributed by atoms with E-state index in [1.165, 1.54) is 12.8 Å². The largest absolute Gasteiger partial charge is 0.409 e. The summed E-state index contributed by atoms with van der Waals surface area (Å²) in [5.41, 5.74) is 7.28. The van der Waals surface area contributed by atoms with E-state index in [0.717, 1.165) is 42.0 Å². The first-order valence-corrected chi connectivity index (χ1v) is 7.22. The molecule has 3 N–H and O–H groups in total. The summed E-state index contributed by atoms with van der Waals surface area (Å²) in [6, 6.07) is 3.73. The van der Waals surface area contributed by atoms with E-state index in [4.69, 9.17) is 10.9 Å². The molecule has 0 saturated carbocycles. The van der Waals surface area contributed by atoms with Crippen LogP contribution in [0.25, 0.3) is 0 Å². The Morgan fingerprint density at radius 2 is 2.05 bits per heavy atom. The van der Waals surface area contributed by atoms with E-state index in [-0.39, 0.29) is 5.84 Å². The molecule has 1 aliphatic rings. The molecule has 0 atom stereocenters. The fraction of sp³-hybridized carbons (Fsp3) is 0.600. The van der Waals surface area contributed by atoms with Crippen LogP contribution in [-0.4, -0.2) is 29.1 Å². The first kappa shape index (κ1) is 14.6. The Kier molecular flexibility index (Phi) is 4.47. The van der Waals surface area contributed by atoms with Crippen molar-refractivity contribution in [1.82, 2.24) is 4.98 Å². The van der Waals surface area contributed by atoms with Gasteiger partial charge in [-0.15, -0.1) is 0 Å². The number of pyridine rings is 1. The van der Waals surface area contributed by atoms with Crippen molar-refractivity contribution in [2.75, 3.05) is 18.0 Å². The van der Waals surface area contributed by atoms with Crippen molar-refractivity contribution in [1.29, 1.82) is 0 Å². The Labute approximate surface area is 120 Å². The number of aromatic nitrogens is 1. The van der Waals surface area contributed by atoms with Crippen LogP contribution >= 0.6 is 0 Å². The number of rotatable bonds is 3. The second-order valence-electron chi connectivity index (χ2n) is 5.91. The number of hydrogen-bond donors (Lipinski definition) is 2. The van der Waals surface area contributed by atoms with Crippen molar-refractivity contribution in [2.24, 2.45) is 22.7 Å². The van der Waals surface area contributed by atoms with Gasteiger partial charge in [0.25, 0.3) is 0 Å². The van der Waals surface area contributed by atoms with E-state index in [1.54, 1.807) is 0 Å². The lowest BCUT2D eigenvalue weighted by molar-refractivity contribution is 0.310. The number of anilines is 1. The summed E-state index contributed by atoms with van der Waals surface area (Å²) >= 11 is 0. The maximum Gasteiger partial charge on any atom is 0.170 e. The molecule has 0 aromatic carbocycles. The molecule has 0 aliphatic carbocycles. The summed E-state index contributed by atoms with van der Waals surface area (Å²) < 4.78 is 0. The third-order valence-corrected chi connectivity index (χ3v) is 4.15. The highest BCUT2D eigenvalue weighted by Gasteiger charge is 2.22. The number of amidine groups is 1. The molecule has 110 valence electrons. The molecule has 0 bridgehead atoms. The van der Waals surface area contributed by atoms with Crippen LogP contribution in [0.2, 0.25) is 0 Å². The molecule has 1 aromatic rings.